The Bertz CT molecular complexity index is 297. The minimum absolute atomic E-state index is 0.656. The Balaban J connectivity index is 2.03. The van der Waals surface area contributed by atoms with Gasteiger partial charge in [0.2, 0.25) is 0 Å². The van der Waals surface area contributed by atoms with Crippen LogP contribution in [0, 0.1) is 0 Å². The highest BCUT2D eigenvalue weighted by atomic mass is 32.1. The van der Waals surface area contributed by atoms with Gasteiger partial charge in [-0.2, -0.15) is 0 Å². The van der Waals surface area contributed by atoms with Crippen molar-refractivity contribution in [2.75, 3.05) is 20.1 Å². The van der Waals surface area contributed by atoms with Crippen LogP contribution in [0.3, 0.4) is 0 Å². The van der Waals surface area contributed by atoms with E-state index in [-0.39, 0.29) is 0 Å². The maximum atomic E-state index is 3.40. The van der Waals surface area contributed by atoms with Gasteiger partial charge in [-0.15, -0.1) is 11.3 Å². The van der Waals surface area contributed by atoms with Gasteiger partial charge in [-0.05, 0) is 31.3 Å². The molecule has 90 valence electrons. The van der Waals surface area contributed by atoms with Crippen LogP contribution in [-0.4, -0.2) is 31.1 Å². The molecule has 2 nitrogen and oxygen atoms in total. The Morgan fingerprint density at radius 1 is 1.62 bits per heavy atom. The van der Waals surface area contributed by atoms with Crippen LogP contribution < -0.4 is 5.32 Å². The molecule has 0 radical (unpaired) electrons. The molecule has 0 spiro atoms. The summed E-state index contributed by atoms with van der Waals surface area (Å²) in [6.07, 6.45) is 3.85. The fraction of sp³-hybridized carbons (Fsp3) is 0.692. The first-order valence-electron chi connectivity index (χ1n) is 6.30. The van der Waals surface area contributed by atoms with Crippen LogP contribution in [0.5, 0.6) is 0 Å². The van der Waals surface area contributed by atoms with Crippen molar-refractivity contribution in [3.8, 4) is 0 Å². The molecule has 0 amide bonds. The number of thiophene rings is 1. The Morgan fingerprint density at radius 3 is 3.06 bits per heavy atom. The van der Waals surface area contributed by atoms with Crippen molar-refractivity contribution in [3.05, 3.63) is 22.4 Å². The van der Waals surface area contributed by atoms with Gasteiger partial charge in [0.1, 0.15) is 0 Å². The summed E-state index contributed by atoms with van der Waals surface area (Å²) in [6.45, 7) is 4.74. The molecule has 0 bridgehead atoms. The maximum Gasteiger partial charge on any atom is 0.0442 e. The second-order valence-electron chi connectivity index (χ2n) is 4.59. The molecule has 2 rings (SSSR count). The van der Waals surface area contributed by atoms with E-state index in [1.54, 1.807) is 4.88 Å². The molecule has 0 saturated carbocycles. The lowest BCUT2D eigenvalue weighted by Gasteiger charge is -2.26. The number of hydrogen-bond acceptors (Lipinski definition) is 3. The van der Waals surface area contributed by atoms with Crippen LogP contribution in [0.15, 0.2) is 17.5 Å². The summed E-state index contributed by atoms with van der Waals surface area (Å²) in [5.74, 6) is 0. The second kappa shape index (κ2) is 5.80. The monoisotopic (exact) mass is 238 g/mol. The first-order chi connectivity index (χ1) is 7.85. The van der Waals surface area contributed by atoms with Gasteiger partial charge in [-0.3, -0.25) is 4.90 Å². The van der Waals surface area contributed by atoms with E-state index >= 15 is 0 Å². The Kier molecular flexibility index (Phi) is 4.38. The van der Waals surface area contributed by atoms with Gasteiger partial charge in [0.25, 0.3) is 0 Å². The Hall–Kier alpha value is -0.380. The number of rotatable bonds is 5. The number of likely N-dealkylation sites (tertiary alicyclic amines) is 1. The molecule has 1 aliphatic rings. The molecule has 3 heteroatoms. The van der Waals surface area contributed by atoms with Gasteiger partial charge < -0.3 is 5.32 Å². The van der Waals surface area contributed by atoms with Gasteiger partial charge in [-0.1, -0.05) is 19.4 Å². The lowest BCUT2D eigenvalue weighted by molar-refractivity contribution is 0.230. The van der Waals surface area contributed by atoms with Crippen LogP contribution in [0.2, 0.25) is 0 Å². The van der Waals surface area contributed by atoms with Crippen LogP contribution in [0.4, 0.5) is 0 Å². The van der Waals surface area contributed by atoms with Crippen molar-refractivity contribution in [1.29, 1.82) is 0 Å². The van der Waals surface area contributed by atoms with Gasteiger partial charge in [0.05, 0.1) is 0 Å². The molecule has 0 aliphatic carbocycles. The first kappa shape index (κ1) is 12.1. The molecule has 2 heterocycles. The Labute approximate surface area is 103 Å². The number of likely N-dealkylation sites (N-methyl/N-ethyl adjacent to an activating group) is 1. The number of nitrogens with zero attached hydrogens (tertiary/aromatic N) is 1. The minimum Gasteiger partial charge on any atom is -0.316 e. The van der Waals surface area contributed by atoms with Crippen LogP contribution in [0.25, 0.3) is 0 Å². The number of nitrogens with one attached hydrogen (secondary N) is 1. The Morgan fingerprint density at radius 2 is 2.50 bits per heavy atom. The van der Waals surface area contributed by atoms with E-state index in [1.165, 1.54) is 32.4 Å². The molecule has 1 aromatic heterocycles. The quantitative estimate of drug-likeness (QED) is 0.848. The largest absolute Gasteiger partial charge is 0.316 e. The topological polar surface area (TPSA) is 15.3 Å². The molecule has 2 unspecified atom stereocenters. The number of hydrogen-bond donors (Lipinski definition) is 1. The predicted octanol–water partition coefficient (Wildman–Crippen LogP) is 2.88. The lowest BCUT2D eigenvalue weighted by Crippen LogP contribution is -2.31. The highest BCUT2D eigenvalue weighted by Crippen LogP contribution is 2.31. The van der Waals surface area contributed by atoms with Crippen molar-refractivity contribution in [3.63, 3.8) is 0 Å². The first-order valence-corrected chi connectivity index (χ1v) is 7.17. The van der Waals surface area contributed by atoms with Crippen molar-refractivity contribution in [2.24, 2.45) is 0 Å². The van der Waals surface area contributed by atoms with Gasteiger partial charge in [-0.25, -0.2) is 0 Å². The smallest absolute Gasteiger partial charge is 0.0442 e. The summed E-state index contributed by atoms with van der Waals surface area (Å²) in [7, 11) is 2.08. The van der Waals surface area contributed by atoms with Crippen LogP contribution in [0.1, 0.15) is 37.1 Å². The molecule has 1 N–H and O–H groups in total. The van der Waals surface area contributed by atoms with E-state index in [0.29, 0.717) is 12.1 Å². The molecular formula is C13H22N2S. The summed E-state index contributed by atoms with van der Waals surface area (Å²) < 4.78 is 0. The average molecular weight is 238 g/mol. The van der Waals surface area contributed by atoms with Crippen molar-refractivity contribution in [2.45, 2.75) is 38.3 Å². The molecular weight excluding hydrogens is 216 g/mol. The summed E-state index contributed by atoms with van der Waals surface area (Å²) in [4.78, 5) is 4.19. The van der Waals surface area contributed by atoms with Gasteiger partial charge >= 0.3 is 0 Å². The molecule has 1 aliphatic heterocycles. The zero-order valence-electron chi connectivity index (χ0n) is 10.3. The van der Waals surface area contributed by atoms with Crippen LogP contribution in [-0.2, 0) is 0 Å². The maximum absolute atomic E-state index is 3.40. The average Bonchev–Trinajstić information content (AvgIpc) is 2.97. The standard InChI is InChI=1S/C13H22N2S/c1-3-5-12(13-6-4-9-16-13)15-8-7-11(10-15)14-2/h4,6,9,11-12,14H,3,5,7-8,10H2,1-2H3. The van der Waals surface area contributed by atoms with E-state index in [9.17, 15) is 0 Å². The normalized spacial score (nSPS) is 23.8. The fourth-order valence-electron chi connectivity index (χ4n) is 2.57. The fourth-order valence-corrected chi connectivity index (χ4v) is 3.46. The third kappa shape index (κ3) is 2.65. The summed E-state index contributed by atoms with van der Waals surface area (Å²) in [5, 5.41) is 5.60. The lowest BCUT2D eigenvalue weighted by atomic mass is 10.1. The van der Waals surface area contributed by atoms with Crippen molar-refractivity contribution >= 4 is 11.3 Å². The highest BCUT2D eigenvalue weighted by molar-refractivity contribution is 7.10. The third-order valence-electron chi connectivity index (χ3n) is 3.50. The van der Waals surface area contributed by atoms with Gasteiger partial charge in [0, 0.05) is 30.1 Å². The summed E-state index contributed by atoms with van der Waals surface area (Å²) in [6, 6.07) is 5.81. The molecule has 1 fully saturated rings. The van der Waals surface area contributed by atoms with Crippen LogP contribution >= 0.6 is 11.3 Å². The summed E-state index contributed by atoms with van der Waals surface area (Å²) >= 11 is 1.90. The molecule has 16 heavy (non-hydrogen) atoms. The van der Waals surface area contributed by atoms with Gasteiger partial charge in [0.15, 0.2) is 0 Å². The second-order valence-corrected chi connectivity index (χ2v) is 5.57. The highest BCUT2D eigenvalue weighted by Gasteiger charge is 2.28. The SMILES string of the molecule is CCCC(c1cccs1)N1CCC(NC)C1. The van der Waals surface area contributed by atoms with Crippen molar-refractivity contribution < 1.29 is 0 Å². The van der Waals surface area contributed by atoms with E-state index in [2.05, 4.69) is 41.7 Å². The predicted molar refractivity (Wildman–Crippen MR) is 71.0 cm³/mol. The third-order valence-corrected chi connectivity index (χ3v) is 4.48. The molecule has 2 atom stereocenters. The van der Waals surface area contributed by atoms with E-state index < -0.39 is 0 Å². The minimum atomic E-state index is 0.656. The van der Waals surface area contributed by atoms with E-state index in [1.807, 2.05) is 11.3 Å². The molecule has 0 aromatic carbocycles. The molecule has 1 saturated heterocycles. The summed E-state index contributed by atoms with van der Waals surface area (Å²) in [5.41, 5.74) is 0. The molecule has 1 aromatic rings. The van der Waals surface area contributed by atoms with E-state index in [0.717, 1.165) is 0 Å². The zero-order valence-corrected chi connectivity index (χ0v) is 11.1. The van der Waals surface area contributed by atoms with Crippen molar-refractivity contribution in [1.82, 2.24) is 10.2 Å². The van der Waals surface area contributed by atoms with E-state index in [4.69, 9.17) is 0 Å². The zero-order chi connectivity index (χ0) is 11.4.